The van der Waals surface area contributed by atoms with E-state index in [0.717, 1.165) is 39.6 Å². The first kappa shape index (κ1) is 15.9. The molecular formula is C24H19NO2. The number of ether oxygens (including phenoxy) is 1. The predicted octanol–water partition coefficient (Wildman–Crippen LogP) is 6.24. The lowest BCUT2D eigenvalue weighted by Crippen LogP contribution is -2.11. The summed E-state index contributed by atoms with van der Waals surface area (Å²) in [7, 11) is 0. The Balaban J connectivity index is 1.75. The maximum atomic E-state index is 6.19. The highest BCUT2D eigenvalue weighted by Crippen LogP contribution is 2.49. The fraction of sp³-hybridized carbons (Fsp3) is 0.125. The third-order valence-electron chi connectivity index (χ3n) is 5.03. The largest absolute Gasteiger partial charge is 0.457 e. The molecule has 0 saturated heterocycles. The van der Waals surface area contributed by atoms with Gasteiger partial charge in [0, 0.05) is 23.6 Å². The molecule has 0 spiro atoms. The minimum absolute atomic E-state index is 0.0522. The molecule has 132 valence electrons. The summed E-state index contributed by atoms with van der Waals surface area (Å²) in [5.41, 5.74) is 5.38. The van der Waals surface area contributed by atoms with Crippen LogP contribution in [0.5, 0.6) is 11.5 Å². The second-order valence-electron chi connectivity index (χ2n) is 6.92. The van der Waals surface area contributed by atoms with Crippen molar-refractivity contribution in [2.75, 3.05) is 0 Å². The van der Waals surface area contributed by atoms with Gasteiger partial charge in [-0.25, -0.2) is 4.98 Å². The summed E-state index contributed by atoms with van der Waals surface area (Å²) in [5, 5.41) is 0. The molecule has 0 atom stereocenters. The number of benzene rings is 3. The van der Waals surface area contributed by atoms with Crippen molar-refractivity contribution < 1.29 is 9.15 Å². The van der Waals surface area contributed by atoms with Crippen LogP contribution in [0, 0.1) is 13.8 Å². The van der Waals surface area contributed by atoms with Crippen LogP contribution in [0.15, 0.2) is 77.2 Å². The monoisotopic (exact) mass is 353 g/mol. The van der Waals surface area contributed by atoms with Crippen molar-refractivity contribution in [2.45, 2.75) is 19.8 Å². The standard InChI is InChI=1S/C24H19NO2/c1-15-11-13-17(14-12-15)23-24(26-16(2)25-23)22-18-7-3-5-9-20(18)27-21-10-6-4-8-19(21)22/h3-14,22H,1-2H3. The van der Waals surface area contributed by atoms with Crippen LogP contribution in [0.4, 0.5) is 0 Å². The summed E-state index contributed by atoms with van der Waals surface area (Å²) in [6.45, 7) is 3.99. The van der Waals surface area contributed by atoms with Crippen LogP contribution in [0.25, 0.3) is 11.3 Å². The fourth-order valence-electron chi connectivity index (χ4n) is 3.75. The molecule has 1 aromatic heterocycles. The van der Waals surface area contributed by atoms with Gasteiger partial charge in [-0.05, 0) is 19.1 Å². The van der Waals surface area contributed by atoms with E-state index in [1.165, 1.54) is 5.56 Å². The number of aryl methyl sites for hydroxylation is 2. The summed E-state index contributed by atoms with van der Waals surface area (Å²) in [6.07, 6.45) is 0. The van der Waals surface area contributed by atoms with E-state index in [2.05, 4.69) is 43.3 Å². The molecule has 3 heteroatoms. The molecule has 0 fully saturated rings. The Hall–Kier alpha value is -3.33. The van der Waals surface area contributed by atoms with Gasteiger partial charge in [0.1, 0.15) is 23.0 Å². The first-order chi connectivity index (χ1) is 13.2. The maximum absolute atomic E-state index is 6.19. The van der Waals surface area contributed by atoms with Gasteiger partial charge in [-0.3, -0.25) is 0 Å². The van der Waals surface area contributed by atoms with Crippen LogP contribution in [-0.2, 0) is 0 Å². The number of fused-ring (bicyclic) bond motifs is 2. The van der Waals surface area contributed by atoms with Crippen molar-refractivity contribution in [2.24, 2.45) is 0 Å². The van der Waals surface area contributed by atoms with E-state index in [1.54, 1.807) is 0 Å². The Morgan fingerprint density at radius 2 is 1.33 bits per heavy atom. The van der Waals surface area contributed by atoms with E-state index < -0.39 is 0 Å². The van der Waals surface area contributed by atoms with Crippen molar-refractivity contribution >= 4 is 0 Å². The summed E-state index contributed by atoms with van der Waals surface area (Å²) in [6, 6.07) is 24.7. The lowest BCUT2D eigenvalue weighted by molar-refractivity contribution is 0.425. The Labute approximate surface area is 158 Å². The Morgan fingerprint density at radius 3 is 1.96 bits per heavy atom. The summed E-state index contributed by atoms with van der Waals surface area (Å²) < 4.78 is 12.3. The van der Waals surface area contributed by atoms with Crippen molar-refractivity contribution in [3.8, 4) is 22.8 Å². The molecule has 27 heavy (non-hydrogen) atoms. The van der Waals surface area contributed by atoms with Crippen LogP contribution in [0.1, 0.15) is 34.3 Å². The van der Waals surface area contributed by atoms with Crippen LogP contribution in [-0.4, -0.2) is 4.98 Å². The van der Waals surface area contributed by atoms with Crippen molar-refractivity contribution in [1.82, 2.24) is 4.98 Å². The second-order valence-corrected chi connectivity index (χ2v) is 6.92. The van der Waals surface area contributed by atoms with Gasteiger partial charge in [0.15, 0.2) is 5.89 Å². The van der Waals surface area contributed by atoms with Crippen molar-refractivity contribution in [1.29, 1.82) is 0 Å². The number of hydrogen-bond donors (Lipinski definition) is 0. The number of hydrogen-bond acceptors (Lipinski definition) is 3. The van der Waals surface area contributed by atoms with E-state index >= 15 is 0 Å². The Kier molecular flexibility index (Phi) is 3.61. The summed E-state index contributed by atoms with van der Waals surface area (Å²) in [4.78, 5) is 4.72. The SMILES string of the molecule is Cc1ccc(-c2nc(C)oc2C2c3ccccc3Oc3ccccc32)cc1. The molecule has 0 radical (unpaired) electrons. The number of nitrogens with zero attached hydrogens (tertiary/aromatic N) is 1. The van der Waals surface area contributed by atoms with Crippen LogP contribution in [0.2, 0.25) is 0 Å². The highest BCUT2D eigenvalue weighted by atomic mass is 16.5. The molecule has 0 unspecified atom stereocenters. The van der Waals surface area contributed by atoms with Gasteiger partial charge in [-0.2, -0.15) is 0 Å². The van der Waals surface area contributed by atoms with E-state index in [4.69, 9.17) is 14.1 Å². The van der Waals surface area contributed by atoms with Gasteiger partial charge in [0.05, 0.1) is 5.92 Å². The lowest BCUT2D eigenvalue weighted by atomic mass is 9.84. The average molecular weight is 353 g/mol. The van der Waals surface area contributed by atoms with Gasteiger partial charge in [-0.1, -0.05) is 66.2 Å². The van der Waals surface area contributed by atoms with Gasteiger partial charge < -0.3 is 9.15 Å². The van der Waals surface area contributed by atoms with Gasteiger partial charge in [0.25, 0.3) is 0 Å². The molecule has 4 aromatic rings. The first-order valence-corrected chi connectivity index (χ1v) is 9.11. The smallest absolute Gasteiger partial charge is 0.191 e. The number of rotatable bonds is 2. The van der Waals surface area contributed by atoms with E-state index in [1.807, 2.05) is 43.3 Å². The van der Waals surface area contributed by atoms with Crippen LogP contribution >= 0.6 is 0 Å². The van der Waals surface area contributed by atoms with Gasteiger partial charge in [0.2, 0.25) is 0 Å². The average Bonchev–Trinajstić information content (AvgIpc) is 3.07. The fourth-order valence-corrected chi connectivity index (χ4v) is 3.75. The quantitative estimate of drug-likeness (QED) is 0.376. The molecule has 3 aromatic carbocycles. The predicted molar refractivity (Wildman–Crippen MR) is 105 cm³/mol. The highest BCUT2D eigenvalue weighted by Gasteiger charge is 2.33. The zero-order valence-corrected chi connectivity index (χ0v) is 15.3. The normalized spacial score (nSPS) is 13.0. The highest BCUT2D eigenvalue weighted by molar-refractivity contribution is 5.67. The molecule has 2 heterocycles. The minimum atomic E-state index is -0.0522. The third-order valence-corrected chi connectivity index (χ3v) is 5.03. The summed E-state index contributed by atoms with van der Waals surface area (Å²) in [5.74, 6) is 3.21. The van der Waals surface area contributed by atoms with Crippen LogP contribution in [0.3, 0.4) is 0 Å². The number of para-hydroxylation sites is 2. The molecule has 0 N–H and O–H groups in total. The van der Waals surface area contributed by atoms with Crippen LogP contribution < -0.4 is 4.74 Å². The van der Waals surface area contributed by atoms with E-state index in [9.17, 15) is 0 Å². The first-order valence-electron chi connectivity index (χ1n) is 9.11. The third kappa shape index (κ3) is 2.63. The molecular weight excluding hydrogens is 334 g/mol. The minimum Gasteiger partial charge on any atom is -0.457 e. The lowest BCUT2D eigenvalue weighted by Gasteiger charge is -2.27. The van der Waals surface area contributed by atoms with Gasteiger partial charge >= 0.3 is 0 Å². The molecule has 0 saturated carbocycles. The molecule has 0 bridgehead atoms. The van der Waals surface area contributed by atoms with Crippen molar-refractivity contribution in [3.05, 3.63) is 101 Å². The molecule has 1 aliphatic rings. The zero-order valence-electron chi connectivity index (χ0n) is 15.3. The summed E-state index contributed by atoms with van der Waals surface area (Å²) >= 11 is 0. The number of aromatic nitrogens is 1. The molecule has 5 rings (SSSR count). The molecule has 0 amide bonds. The topological polar surface area (TPSA) is 35.3 Å². The van der Waals surface area contributed by atoms with E-state index in [-0.39, 0.29) is 5.92 Å². The molecule has 0 aliphatic carbocycles. The molecule has 1 aliphatic heterocycles. The maximum Gasteiger partial charge on any atom is 0.191 e. The Morgan fingerprint density at radius 1 is 0.741 bits per heavy atom. The number of oxazole rings is 1. The zero-order chi connectivity index (χ0) is 18.4. The van der Waals surface area contributed by atoms with Crippen molar-refractivity contribution in [3.63, 3.8) is 0 Å². The molecule has 3 nitrogen and oxygen atoms in total. The second kappa shape index (κ2) is 6.13. The van der Waals surface area contributed by atoms with Gasteiger partial charge in [-0.15, -0.1) is 0 Å². The Bertz CT molecular complexity index is 1080. The van der Waals surface area contributed by atoms with E-state index in [0.29, 0.717) is 5.89 Å².